The van der Waals surface area contributed by atoms with Crippen LogP contribution in [0.25, 0.3) is 0 Å². The molecule has 1 atom stereocenters. The molecule has 0 aliphatic carbocycles. The van der Waals surface area contributed by atoms with E-state index in [0.717, 1.165) is 19.5 Å². The fraction of sp³-hybridized carbons (Fsp3) is 0.917. The third-order valence-corrected chi connectivity index (χ3v) is 3.36. The number of likely N-dealkylation sites (tertiary alicyclic amines) is 1. The second kappa shape index (κ2) is 6.21. The molecule has 0 amide bonds. The Morgan fingerprint density at radius 1 is 1.44 bits per heavy atom. The van der Waals surface area contributed by atoms with E-state index < -0.39 is 11.5 Å². The fourth-order valence-corrected chi connectivity index (χ4v) is 2.27. The van der Waals surface area contributed by atoms with E-state index in [4.69, 9.17) is 0 Å². The molecular formula is C12H24N2O2. The summed E-state index contributed by atoms with van der Waals surface area (Å²) in [5.74, 6) is -0.740. The molecule has 16 heavy (non-hydrogen) atoms. The van der Waals surface area contributed by atoms with Crippen molar-refractivity contribution in [2.24, 2.45) is 0 Å². The van der Waals surface area contributed by atoms with Gasteiger partial charge in [0.25, 0.3) is 0 Å². The zero-order valence-corrected chi connectivity index (χ0v) is 10.5. The van der Waals surface area contributed by atoms with Crippen LogP contribution in [0.5, 0.6) is 0 Å². The topological polar surface area (TPSA) is 52.6 Å². The molecule has 0 aromatic carbocycles. The van der Waals surface area contributed by atoms with Crippen LogP contribution in [0.4, 0.5) is 0 Å². The first-order chi connectivity index (χ1) is 7.58. The maximum absolute atomic E-state index is 11.2. The van der Waals surface area contributed by atoms with Crippen molar-refractivity contribution < 1.29 is 9.90 Å². The summed E-state index contributed by atoms with van der Waals surface area (Å²) >= 11 is 0. The lowest BCUT2D eigenvalue weighted by molar-refractivity contribution is -0.144. The van der Waals surface area contributed by atoms with E-state index in [-0.39, 0.29) is 0 Å². The summed E-state index contributed by atoms with van der Waals surface area (Å²) in [5.41, 5.74) is -0.755. The quantitative estimate of drug-likeness (QED) is 0.690. The average molecular weight is 228 g/mol. The van der Waals surface area contributed by atoms with Crippen LogP contribution in [-0.2, 0) is 4.79 Å². The highest BCUT2D eigenvalue weighted by atomic mass is 16.4. The summed E-state index contributed by atoms with van der Waals surface area (Å²) < 4.78 is 0. The summed E-state index contributed by atoms with van der Waals surface area (Å²) in [4.78, 5) is 13.6. The molecule has 1 saturated heterocycles. The van der Waals surface area contributed by atoms with Gasteiger partial charge in [-0.3, -0.25) is 4.79 Å². The second-order valence-electron chi connectivity index (χ2n) is 4.86. The normalized spacial score (nSPS) is 20.9. The predicted molar refractivity (Wildman–Crippen MR) is 64.6 cm³/mol. The molecule has 1 aliphatic heterocycles. The van der Waals surface area contributed by atoms with Crippen molar-refractivity contribution in [1.29, 1.82) is 0 Å². The summed E-state index contributed by atoms with van der Waals surface area (Å²) in [6.45, 7) is 7.86. The second-order valence-corrected chi connectivity index (χ2v) is 4.86. The lowest BCUT2D eigenvalue weighted by atomic mass is 9.96. The van der Waals surface area contributed by atoms with Crippen LogP contribution >= 0.6 is 0 Å². The molecular weight excluding hydrogens is 204 g/mol. The largest absolute Gasteiger partial charge is 0.480 e. The maximum atomic E-state index is 11.2. The van der Waals surface area contributed by atoms with Gasteiger partial charge in [0.05, 0.1) is 0 Å². The van der Waals surface area contributed by atoms with Crippen molar-refractivity contribution in [3.05, 3.63) is 0 Å². The number of carboxylic acids is 1. The Hall–Kier alpha value is -0.610. The zero-order valence-electron chi connectivity index (χ0n) is 10.5. The van der Waals surface area contributed by atoms with Crippen molar-refractivity contribution in [3.63, 3.8) is 0 Å². The molecule has 2 N–H and O–H groups in total. The van der Waals surface area contributed by atoms with Gasteiger partial charge in [0.1, 0.15) is 5.54 Å². The molecule has 1 heterocycles. The van der Waals surface area contributed by atoms with E-state index in [1.807, 2.05) is 6.92 Å². The molecule has 4 heteroatoms. The maximum Gasteiger partial charge on any atom is 0.323 e. The molecule has 1 fully saturated rings. The Morgan fingerprint density at radius 2 is 2.06 bits per heavy atom. The number of hydrogen-bond acceptors (Lipinski definition) is 3. The molecule has 0 radical (unpaired) electrons. The summed E-state index contributed by atoms with van der Waals surface area (Å²) in [7, 11) is 0. The summed E-state index contributed by atoms with van der Waals surface area (Å²) in [5, 5.41) is 12.4. The number of nitrogens with one attached hydrogen (secondary N) is 1. The van der Waals surface area contributed by atoms with Crippen molar-refractivity contribution >= 4 is 5.97 Å². The fourth-order valence-electron chi connectivity index (χ4n) is 2.27. The Labute approximate surface area is 98.0 Å². The van der Waals surface area contributed by atoms with Crippen LogP contribution in [0.15, 0.2) is 0 Å². The van der Waals surface area contributed by atoms with Crippen LogP contribution < -0.4 is 5.32 Å². The number of nitrogens with zero attached hydrogens (tertiary/aromatic N) is 1. The molecule has 1 aliphatic rings. The Morgan fingerprint density at radius 3 is 2.56 bits per heavy atom. The van der Waals surface area contributed by atoms with E-state index in [2.05, 4.69) is 10.2 Å². The van der Waals surface area contributed by atoms with E-state index in [1.54, 1.807) is 6.92 Å². The van der Waals surface area contributed by atoms with Crippen molar-refractivity contribution in [2.45, 2.75) is 45.1 Å². The first kappa shape index (κ1) is 13.5. The molecule has 4 nitrogen and oxygen atoms in total. The highest BCUT2D eigenvalue weighted by Crippen LogP contribution is 2.12. The molecule has 0 spiro atoms. The van der Waals surface area contributed by atoms with Gasteiger partial charge in [-0.05, 0) is 39.3 Å². The minimum Gasteiger partial charge on any atom is -0.480 e. The Kier molecular flexibility index (Phi) is 5.22. The molecule has 94 valence electrons. The van der Waals surface area contributed by atoms with Crippen LogP contribution in [0, 0.1) is 0 Å². The minimum atomic E-state index is -0.755. The van der Waals surface area contributed by atoms with E-state index in [9.17, 15) is 9.90 Å². The van der Waals surface area contributed by atoms with Crippen LogP contribution in [0.1, 0.15) is 39.5 Å². The van der Waals surface area contributed by atoms with Gasteiger partial charge in [-0.15, -0.1) is 0 Å². The Balaban J connectivity index is 2.29. The van der Waals surface area contributed by atoms with Crippen molar-refractivity contribution in [1.82, 2.24) is 10.2 Å². The first-order valence-corrected chi connectivity index (χ1v) is 6.29. The van der Waals surface area contributed by atoms with Gasteiger partial charge >= 0.3 is 5.97 Å². The number of carbonyl (C=O) groups is 1. The number of rotatable bonds is 7. The van der Waals surface area contributed by atoms with Gasteiger partial charge in [-0.25, -0.2) is 0 Å². The van der Waals surface area contributed by atoms with Crippen molar-refractivity contribution in [2.75, 3.05) is 26.2 Å². The van der Waals surface area contributed by atoms with Crippen LogP contribution in [-0.4, -0.2) is 47.7 Å². The highest BCUT2D eigenvalue weighted by molar-refractivity contribution is 5.78. The summed E-state index contributed by atoms with van der Waals surface area (Å²) in [6.07, 6.45) is 4.14. The lowest BCUT2D eigenvalue weighted by Gasteiger charge is -2.27. The van der Waals surface area contributed by atoms with Gasteiger partial charge in [-0.1, -0.05) is 13.3 Å². The molecule has 1 unspecified atom stereocenters. The third-order valence-electron chi connectivity index (χ3n) is 3.36. The molecule has 0 aromatic heterocycles. The monoisotopic (exact) mass is 228 g/mol. The van der Waals surface area contributed by atoms with E-state index in [1.165, 1.54) is 25.9 Å². The van der Waals surface area contributed by atoms with Gasteiger partial charge in [0.15, 0.2) is 0 Å². The smallest absolute Gasteiger partial charge is 0.323 e. The Bertz CT molecular complexity index is 227. The predicted octanol–water partition coefficient (Wildman–Crippen LogP) is 1.32. The molecule has 1 rings (SSSR count). The number of hydrogen-bond donors (Lipinski definition) is 2. The van der Waals surface area contributed by atoms with Gasteiger partial charge in [-0.2, -0.15) is 0 Å². The number of carboxylic acid groups (broad SMARTS) is 1. The first-order valence-electron chi connectivity index (χ1n) is 6.29. The standard InChI is InChI=1S/C12H24N2O2/c1-3-6-12(2,11(15)16)13-7-10-14-8-4-5-9-14/h13H,3-10H2,1-2H3,(H,15,16). The molecule has 0 aromatic rings. The highest BCUT2D eigenvalue weighted by Gasteiger charge is 2.31. The summed E-state index contributed by atoms with van der Waals surface area (Å²) in [6, 6.07) is 0. The van der Waals surface area contributed by atoms with Crippen LogP contribution in [0.3, 0.4) is 0 Å². The van der Waals surface area contributed by atoms with Gasteiger partial charge in [0, 0.05) is 13.1 Å². The third kappa shape index (κ3) is 3.76. The zero-order chi connectivity index (χ0) is 12.0. The molecule has 0 saturated carbocycles. The van der Waals surface area contributed by atoms with Gasteiger partial charge < -0.3 is 15.3 Å². The molecule has 0 bridgehead atoms. The number of aliphatic carboxylic acids is 1. The average Bonchev–Trinajstić information content (AvgIpc) is 2.70. The minimum absolute atomic E-state index is 0.683. The lowest BCUT2D eigenvalue weighted by Crippen LogP contribution is -2.51. The van der Waals surface area contributed by atoms with Gasteiger partial charge in [0.2, 0.25) is 0 Å². The van der Waals surface area contributed by atoms with E-state index in [0.29, 0.717) is 6.42 Å². The van der Waals surface area contributed by atoms with Crippen molar-refractivity contribution in [3.8, 4) is 0 Å². The van der Waals surface area contributed by atoms with Crippen LogP contribution in [0.2, 0.25) is 0 Å². The SMILES string of the molecule is CCCC(C)(NCCN1CCCC1)C(=O)O. The van der Waals surface area contributed by atoms with E-state index >= 15 is 0 Å².